The van der Waals surface area contributed by atoms with E-state index in [0.717, 1.165) is 30.6 Å². The normalized spacial score (nSPS) is 21.6. The van der Waals surface area contributed by atoms with E-state index in [1.165, 1.54) is 32.1 Å². The highest BCUT2D eigenvalue weighted by atomic mass is 16.5. The maximum Gasteiger partial charge on any atom is 0.183 e. The van der Waals surface area contributed by atoms with Crippen LogP contribution in [0, 0.1) is 5.92 Å². The summed E-state index contributed by atoms with van der Waals surface area (Å²) >= 11 is 0. The molecule has 0 spiro atoms. The molecule has 26 heavy (non-hydrogen) atoms. The second kappa shape index (κ2) is 7.74. The third-order valence-corrected chi connectivity index (χ3v) is 5.91. The Morgan fingerprint density at radius 1 is 1.23 bits per heavy atom. The number of aromatic amines is 1. The summed E-state index contributed by atoms with van der Waals surface area (Å²) in [6.07, 6.45) is 9.08. The molecular formula is C20H28N4O2. The van der Waals surface area contributed by atoms with Gasteiger partial charge in [0.25, 0.3) is 0 Å². The summed E-state index contributed by atoms with van der Waals surface area (Å²) in [5, 5.41) is 8.12. The smallest absolute Gasteiger partial charge is 0.183 e. The first-order valence-corrected chi connectivity index (χ1v) is 9.90. The molecule has 0 amide bonds. The van der Waals surface area contributed by atoms with E-state index >= 15 is 0 Å². The number of ketones is 1. The lowest BCUT2D eigenvalue weighted by Gasteiger charge is -2.25. The molecule has 6 nitrogen and oxygen atoms in total. The topological polar surface area (TPSA) is 71.1 Å². The zero-order valence-corrected chi connectivity index (χ0v) is 15.5. The molecule has 0 bridgehead atoms. The van der Waals surface area contributed by atoms with Gasteiger partial charge in [-0.05, 0) is 30.9 Å². The molecule has 1 aliphatic heterocycles. The molecule has 1 N–H and O–H groups in total. The largest absolute Gasteiger partial charge is 0.383 e. The molecule has 2 aliphatic rings. The lowest BCUT2D eigenvalue weighted by Crippen LogP contribution is -2.33. The summed E-state index contributed by atoms with van der Waals surface area (Å²) < 4.78 is 5.34. The number of fused-ring (bicyclic) bond motifs is 1. The van der Waals surface area contributed by atoms with Gasteiger partial charge in [-0.2, -0.15) is 5.10 Å². The van der Waals surface area contributed by atoms with Gasteiger partial charge in [-0.15, -0.1) is 0 Å². The molecule has 4 rings (SSSR count). The minimum atomic E-state index is 0.174. The van der Waals surface area contributed by atoms with Gasteiger partial charge in [0.2, 0.25) is 0 Å². The number of nitrogens with one attached hydrogen (secondary N) is 1. The van der Waals surface area contributed by atoms with Crippen LogP contribution in [0.1, 0.15) is 61.9 Å². The number of hydrogen-bond donors (Lipinski definition) is 1. The monoisotopic (exact) mass is 356 g/mol. The number of rotatable bonds is 6. The maximum absolute atomic E-state index is 12.7. The molecule has 1 aliphatic carbocycles. The molecular weight excluding hydrogens is 328 g/mol. The number of H-pyrrole nitrogens is 1. The van der Waals surface area contributed by atoms with E-state index in [4.69, 9.17) is 9.72 Å². The van der Waals surface area contributed by atoms with Crippen molar-refractivity contribution in [2.75, 3.05) is 25.2 Å². The summed E-state index contributed by atoms with van der Waals surface area (Å²) in [5.74, 6) is 1.63. The number of pyridine rings is 1. The lowest BCUT2D eigenvalue weighted by atomic mass is 9.85. The van der Waals surface area contributed by atoms with Gasteiger partial charge in [-0.25, -0.2) is 4.98 Å². The molecule has 2 fully saturated rings. The highest BCUT2D eigenvalue weighted by molar-refractivity contribution is 6.05. The van der Waals surface area contributed by atoms with Crippen molar-refractivity contribution in [2.24, 2.45) is 5.92 Å². The van der Waals surface area contributed by atoms with Crippen LogP contribution in [0.5, 0.6) is 0 Å². The number of anilines is 1. The zero-order chi connectivity index (χ0) is 17.9. The maximum atomic E-state index is 12.7. The first kappa shape index (κ1) is 17.5. The lowest BCUT2D eigenvalue weighted by molar-refractivity contribution is 0.0947. The number of carbonyl (C=O) groups is 1. The highest BCUT2D eigenvalue weighted by Crippen LogP contribution is 2.30. The number of methoxy groups -OCH3 is 1. The van der Waals surface area contributed by atoms with Gasteiger partial charge in [-0.1, -0.05) is 32.1 Å². The van der Waals surface area contributed by atoms with Crippen molar-refractivity contribution in [1.82, 2.24) is 15.2 Å². The second-order valence-electron chi connectivity index (χ2n) is 7.72. The van der Waals surface area contributed by atoms with E-state index in [2.05, 4.69) is 15.1 Å². The molecule has 1 saturated carbocycles. The predicted octanol–water partition coefficient (Wildman–Crippen LogP) is 3.73. The Morgan fingerprint density at radius 2 is 2.08 bits per heavy atom. The summed E-state index contributed by atoms with van der Waals surface area (Å²) in [6, 6.07) is 4.39. The number of hydrogen-bond acceptors (Lipinski definition) is 5. The van der Waals surface area contributed by atoms with Crippen LogP contribution in [0.2, 0.25) is 0 Å². The van der Waals surface area contributed by atoms with Crippen LogP contribution in [-0.4, -0.2) is 47.3 Å². The van der Waals surface area contributed by atoms with E-state index in [1.54, 1.807) is 7.11 Å². The highest BCUT2D eigenvalue weighted by Gasteiger charge is 2.26. The standard InChI is InChI=1S/C20H28N4O2/c1-26-13-15-8-5-11-24(15)18-10-9-16-19(22-23-20(16)21-18)17(25)12-14-6-3-2-4-7-14/h9-10,14-15H,2-8,11-13H2,1H3,(H,21,22,23)/t15-/m1/s1. The number of carbonyl (C=O) groups excluding carboxylic acids is 1. The Labute approximate surface area is 154 Å². The van der Waals surface area contributed by atoms with E-state index < -0.39 is 0 Å². The minimum absolute atomic E-state index is 0.174. The van der Waals surface area contributed by atoms with Crippen LogP contribution in [-0.2, 0) is 4.74 Å². The first-order valence-electron chi connectivity index (χ1n) is 9.90. The predicted molar refractivity (Wildman–Crippen MR) is 102 cm³/mol. The molecule has 2 aromatic rings. The Hall–Kier alpha value is -1.95. The molecule has 6 heteroatoms. The Kier molecular flexibility index (Phi) is 5.20. The molecule has 0 aromatic carbocycles. The van der Waals surface area contributed by atoms with Crippen molar-refractivity contribution in [1.29, 1.82) is 0 Å². The van der Waals surface area contributed by atoms with Crippen molar-refractivity contribution in [3.05, 3.63) is 17.8 Å². The van der Waals surface area contributed by atoms with Crippen molar-refractivity contribution in [3.8, 4) is 0 Å². The summed E-state index contributed by atoms with van der Waals surface area (Å²) in [5.41, 5.74) is 1.26. The quantitative estimate of drug-likeness (QED) is 0.799. The van der Waals surface area contributed by atoms with Crippen LogP contribution in [0.25, 0.3) is 11.0 Å². The van der Waals surface area contributed by atoms with Crippen LogP contribution in [0.15, 0.2) is 12.1 Å². The van der Waals surface area contributed by atoms with Crippen molar-refractivity contribution >= 4 is 22.6 Å². The second-order valence-corrected chi connectivity index (χ2v) is 7.72. The Morgan fingerprint density at radius 3 is 2.88 bits per heavy atom. The fraction of sp³-hybridized carbons (Fsp3) is 0.650. The summed E-state index contributed by atoms with van der Waals surface area (Å²) in [6.45, 7) is 1.70. The van der Waals surface area contributed by atoms with Gasteiger partial charge in [0.1, 0.15) is 11.5 Å². The Bertz CT molecular complexity index is 766. The van der Waals surface area contributed by atoms with Crippen molar-refractivity contribution in [2.45, 2.75) is 57.4 Å². The van der Waals surface area contributed by atoms with Gasteiger partial charge in [0.15, 0.2) is 11.4 Å². The van der Waals surface area contributed by atoms with Crippen molar-refractivity contribution in [3.63, 3.8) is 0 Å². The fourth-order valence-corrected chi connectivity index (χ4v) is 4.52. The van der Waals surface area contributed by atoms with Gasteiger partial charge >= 0.3 is 0 Å². The molecule has 0 radical (unpaired) electrons. The van der Waals surface area contributed by atoms with Crippen LogP contribution in [0.3, 0.4) is 0 Å². The third-order valence-electron chi connectivity index (χ3n) is 5.91. The van der Waals surface area contributed by atoms with Gasteiger partial charge in [0, 0.05) is 25.5 Å². The Balaban J connectivity index is 1.52. The third kappa shape index (κ3) is 3.47. The molecule has 3 heterocycles. The summed E-state index contributed by atoms with van der Waals surface area (Å²) in [4.78, 5) is 19.7. The van der Waals surface area contributed by atoms with Gasteiger partial charge in [-0.3, -0.25) is 9.89 Å². The van der Waals surface area contributed by atoms with Crippen LogP contribution in [0.4, 0.5) is 5.82 Å². The number of aromatic nitrogens is 3. The summed E-state index contributed by atoms with van der Waals surface area (Å²) in [7, 11) is 1.74. The van der Waals surface area contributed by atoms with Crippen LogP contribution < -0.4 is 4.90 Å². The average molecular weight is 356 g/mol. The van der Waals surface area contributed by atoms with Gasteiger partial charge < -0.3 is 9.64 Å². The first-order chi connectivity index (χ1) is 12.8. The molecule has 2 aromatic heterocycles. The van der Waals surface area contributed by atoms with E-state index in [1.807, 2.05) is 12.1 Å². The molecule has 140 valence electrons. The zero-order valence-electron chi connectivity index (χ0n) is 15.5. The van der Waals surface area contributed by atoms with E-state index in [9.17, 15) is 4.79 Å². The SMILES string of the molecule is COC[C@H]1CCCN1c1ccc2c(C(=O)CC3CCCCC3)[nH]nc2n1. The van der Waals surface area contributed by atoms with Crippen LogP contribution >= 0.6 is 0 Å². The van der Waals surface area contributed by atoms with E-state index in [-0.39, 0.29) is 5.78 Å². The molecule has 1 atom stereocenters. The van der Waals surface area contributed by atoms with Gasteiger partial charge in [0.05, 0.1) is 12.6 Å². The van der Waals surface area contributed by atoms with Crippen molar-refractivity contribution < 1.29 is 9.53 Å². The fourth-order valence-electron chi connectivity index (χ4n) is 4.52. The van der Waals surface area contributed by atoms with E-state index in [0.29, 0.717) is 36.3 Å². The number of Topliss-reactive ketones (excluding diaryl/α,β-unsaturated/α-hetero) is 1. The minimum Gasteiger partial charge on any atom is -0.383 e. The molecule has 0 unspecified atom stereocenters. The average Bonchev–Trinajstić information content (AvgIpc) is 3.29. The number of ether oxygens (including phenoxy) is 1. The molecule has 1 saturated heterocycles. The number of nitrogens with zero attached hydrogens (tertiary/aromatic N) is 3.